The molecule has 0 saturated heterocycles. The van der Waals surface area contributed by atoms with Crippen molar-refractivity contribution in [2.75, 3.05) is 11.9 Å². The number of nitrogens with zero attached hydrogens (tertiary/aromatic N) is 2. The third-order valence-corrected chi connectivity index (χ3v) is 4.79. The molecule has 0 aliphatic heterocycles. The van der Waals surface area contributed by atoms with E-state index in [9.17, 15) is 9.59 Å². The Labute approximate surface area is 155 Å². The number of carbonyl (C=O) groups excluding carboxylic acids is 2. The van der Waals surface area contributed by atoms with Crippen molar-refractivity contribution in [3.05, 3.63) is 64.4 Å². The average Bonchev–Trinajstić information content (AvgIpc) is 3.27. The summed E-state index contributed by atoms with van der Waals surface area (Å²) >= 11 is 1.47. The van der Waals surface area contributed by atoms with Gasteiger partial charge in [-0.2, -0.15) is 11.3 Å². The van der Waals surface area contributed by atoms with Crippen LogP contribution < -0.4 is 10.6 Å². The topological polar surface area (TPSA) is 76.0 Å². The third kappa shape index (κ3) is 4.18. The second-order valence-corrected chi connectivity index (χ2v) is 6.68. The molecule has 26 heavy (non-hydrogen) atoms. The predicted molar refractivity (Wildman–Crippen MR) is 103 cm³/mol. The van der Waals surface area contributed by atoms with Crippen molar-refractivity contribution in [3.8, 4) is 5.69 Å². The molecule has 0 atom stereocenters. The van der Waals surface area contributed by atoms with E-state index in [2.05, 4.69) is 15.6 Å². The maximum absolute atomic E-state index is 12.0. The van der Waals surface area contributed by atoms with Crippen LogP contribution in [0.1, 0.15) is 28.2 Å². The lowest BCUT2D eigenvalue weighted by Gasteiger charge is -2.09. The fourth-order valence-electron chi connectivity index (χ4n) is 2.47. The minimum atomic E-state index is -0.158. The van der Waals surface area contributed by atoms with Crippen LogP contribution in [0.3, 0.4) is 0 Å². The van der Waals surface area contributed by atoms with Gasteiger partial charge in [0.05, 0.1) is 12.0 Å². The van der Waals surface area contributed by atoms with Gasteiger partial charge < -0.3 is 15.2 Å². The van der Waals surface area contributed by atoms with Crippen molar-refractivity contribution in [3.63, 3.8) is 0 Å². The molecule has 2 aromatic heterocycles. The monoisotopic (exact) mass is 368 g/mol. The fourth-order valence-corrected chi connectivity index (χ4v) is 3.11. The van der Waals surface area contributed by atoms with Gasteiger partial charge >= 0.3 is 0 Å². The predicted octanol–water partition coefficient (Wildman–Crippen LogP) is 3.31. The summed E-state index contributed by atoms with van der Waals surface area (Å²) in [4.78, 5) is 28.1. The van der Waals surface area contributed by atoms with E-state index in [1.54, 1.807) is 17.8 Å². The molecule has 0 unspecified atom stereocenters. The van der Waals surface area contributed by atoms with E-state index >= 15 is 0 Å². The van der Waals surface area contributed by atoms with E-state index in [1.807, 2.05) is 48.1 Å². The molecule has 1 aromatic carbocycles. The van der Waals surface area contributed by atoms with Crippen LogP contribution >= 0.6 is 11.3 Å². The van der Waals surface area contributed by atoms with Gasteiger partial charge in [-0.25, -0.2) is 4.98 Å². The Kier molecular flexibility index (Phi) is 5.48. The first kappa shape index (κ1) is 17.9. The van der Waals surface area contributed by atoms with Crippen LogP contribution in [0, 0.1) is 13.8 Å². The van der Waals surface area contributed by atoms with Gasteiger partial charge in [-0.1, -0.05) is 0 Å². The van der Waals surface area contributed by atoms with Gasteiger partial charge in [0, 0.05) is 41.0 Å². The molecule has 134 valence electrons. The zero-order valence-corrected chi connectivity index (χ0v) is 15.5. The first-order valence-corrected chi connectivity index (χ1v) is 9.20. The smallest absolute Gasteiger partial charge is 0.252 e. The number of anilines is 1. The van der Waals surface area contributed by atoms with Crippen molar-refractivity contribution in [1.82, 2.24) is 14.9 Å². The quantitative estimate of drug-likeness (QED) is 0.701. The summed E-state index contributed by atoms with van der Waals surface area (Å²) in [5, 5.41) is 9.20. The van der Waals surface area contributed by atoms with Crippen LogP contribution in [0.5, 0.6) is 0 Å². The minimum absolute atomic E-state index is 0.141. The van der Waals surface area contributed by atoms with Crippen molar-refractivity contribution >= 4 is 28.8 Å². The molecule has 6 nitrogen and oxygen atoms in total. The molecule has 0 fully saturated rings. The second kappa shape index (κ2) is 7.97. The molecule has 3 aromatic rings. The molecule has 0 aliphatic carbocycles. The highest BCUT2D eigenvalue weighted by molar-refractivity contribution is 7.08. The van der Waals surface area contributed by atoms with E-state index in [-0.39, 0.29) is 18.2 Å². The van der Waals surface area contributed by atoms with Crippen molar-refractivity contribution in [2.45, 2.75) is 20.3 Å². The van der Waals surface area contributed by atoms with Crippen LogP contribution in [0.2, 0.25) is 0 Å². The number of nitrogens with one attached hydrogen (secondary N) is 2. The zero-order chi connectivity index (χ0) is 18.5. The standard InChI is InChI=1S/C19H20N4O2S/c1-13-14(2)23(12-21-13)17-5-3-16(4-6-17)22-18(24)7-9-20-19(25)15-8-10-26-11-15/h3-6,8,10-12H,7,9H2,1-2H3,(H,20,25)(H,22,24). The first-order chi connectivity index (χ1) is 12.5. The number of thiophene rings is 1. The number of carbonyl (C=O) groups is 2. The van der Waals surface area contributed by atoms with Gasteiger partial charge in [0.15, 0.2) is 0 Å². The summed E-state index contributed by atoms with van der Waals surface area (Å²) < 4.78 is 2.00. The molecule has 0 spiro atoms. The van der Waals surface area contributed by atoms with Gasteiger partial charge in [0.25, 0.3) is 5.91 Å². The summed E-state index contributed by atoms with van der Waals surface area (Å²) in [6, 6.07) is 9.33. The first-order valence-electron chi connectivity index (χ1n) is 8.26. The summed E-state index contributed by atoms with van der Waals surface area (Å²) in [5.41, 5.74) is 4.41. The maximum Gasteiger partial charge on any atom is 0.252 e. The Morgan fingerprint density at radius 2 is 1.92 bits per heavy atom. The Hall–Kier alpha value is -2.93. The number of hydrogen-bond acceptors (Lipinski definition) is 4. The molecule has 3 rings (SSSR count). The maximum atomic E-state index is 12.0. The Morgan fingerprint density at radius 1 is 1.15 bits per heavy atom. The van der Waals surface area contributed by atoms with Gasteiger partial charge in [-0.15, -0.1) is 0 Å². The molecule has 0 radical (unpaired) electrons. The molecule has 2 amide bonds. The van der Waals surface area contributed by atoms with E-state index in [1.165, 1.54) is 11.3 Å². The SMILES string of the molecule is Cc1ncn(-c2ccc(NC(=O)CCNC(=O)c3ccsc3)cc2)c1C. The van der Waals surface area contributed by atoms with Gasteiger partial charge in [0.2, 0.25) is 5.91 Å². The largest absolute Gasteiger partial charge is 0.351 e. The molecule has 2 N–H and O–H groups in total. The Balaban J connectivity index is 1.50. The van der Waals surface area contributed by atoms with Crippen LogP contribution in [-0.2, 0) is 4.79 Å². The highest BCUT2D eigenvalue weighted by atomic mass is 32.1. The summed E-state index contributed by atoms with van der Waals surface area (Å²) in [7, 11) is 0. The zero-order valence-electron chi connectivity index (χ0n) is 14.7. The lowest BCUT2D eigenvalue weighted by molar-refractivity contribution is -0.116. The Bertz CT molecular complexity index is 898. The van der Waals surface area contributed by atoms with E-state index in [4.69, 9.17) is 0 Å². The van der Waals surface area contributed by atoms with E-state index in [0.717, 1.165) is 22.8 Å². The molecular weight excluding hydrogens is 348 g/mol. The number of aryl methyl sites for hydroxylation is 1. The normalized spacial score (nSPS) is 10.5. The van der Waals surface area contributed by atoms with Gasteiger partial charge in [-0.3, -0.25) is 9.59 Å². The number of imidazole rings is 1. The van der Waals surface area contributed by atoms with Crippen molar-refractivity contribution in [2.24, 2.45) is 0 Å². The van der Waals surface area contributed by atoms with Crippen molar-refractivity contribution < 1.29 is 9.59 Å². The van der Waals surface area contributed by atoms with Gasteiger partial charge in [0.1, 0.15) is 0 Å². The average molecular weight is 368 g/mol. The van der Waals surface area contributed by atoms with Crippen LogP contribution in [0.4, 0.5) is 5.69 Å². The van der Waals surface area contributed by atoms with Crippen LogP contribution in [0.15, 0.2) is 47.4 Å². The summed E-state index contributed by atoms with van der Waals surface area (Å²) in [5.74, 6) is -0.299. The number of aromatic nitrogens is 2. The van der Waals surface area contributed by atoms with E-state index < -0.39 is 0 Å². The third-order valence-electron chi connectivity index (χ3n) is 4.10. The number of benzene rings is 1. The molecule has 0 saturated carbocycles. The lowest BCUT2D eigenvalue weighted by Crippen LogP contribution is -2.27. The van der Waals surface area contributed by atoms with E-state index in [0.29, 0.717) is 12.1 Å². The van der Waals surface area contributed by atoms with Crippen LogP contribution in [-0.4, -0.2) is 27.9 Å². The Morgan fingerprint density at radius 3 is 2.54 bits per heavy atom. The minimum Gasteiger partial charge on any atom is -0.351 e. The second-order valence-electron chi connectivity index (χ2n) is 5.90. The summed E-state index contributed by atoms with van der Waals surface area (Å²) in [6.07, 6.45) is 2.01. The summed E-state index contributed by atoms with van der Waals surface area (Å²) in [6.45, 7) is 4.28. The van der Waals surface area contributed by atoms with Crippen molar-refractivity contribution in [1.29, 1.82) is 0 Å². The molecule has 7 heteroatoms. The number of hydrogen-bond donors (Lipinski definition) is 2. The highest BCUT2D eigenvalue weighted by Crippen LogP contribution is 2.16. The van der Waals surface area contributed by atoms with Gasteiger partial charge in [-0.05, 0) is 49.6 Å². The molecule has 0 aliphatic rings. The molecular formula is C19H20N4O2S. The lowest BCUT2D eigenvalue weighted by atomic mass is 10.2. The number of amides is 2. The molecule has 2 heterocycles. The molecule has 0 bridgehead atoms. The van der Waals surface area contributed by atoms with Crippen LogP contribution in [0.25, 0.3) is 5.69 Å². The fraction of sp³-hybridized carbons (Fsp3) is 0.211. The highest BCUT2D eigenvalue weighted by Gasteiger charge is 2.08. The number of rotatable bonds is 6.